The van der Waals surface area contributed by atoms with E-state index in [2.05, 4.69) is 82.3 Å². The van der Waals surface area contributed by atoms with E-state index in [0.717, 1.165) is 25.0 Å². The first kappa shape index (κ1) is 23.5. The Morgan fingerprint density at radius 2 is 1.48 bits per heavy atom. The fourth-order valence-electron chi connectivity index (χ4n) is 3.79. The van der Waals surface area contributed by atoms with Crippen molar-refractivity contribution in [3.8, 4) is 5.75 Å². The first-order valence-electron chi connectivity index (χ1n) is 11.2. The third-order valence-electron chi connectivity index (χ3n) is 5.35. The van der Waals surface area contributed by atoms with Crippen LogP contribution in [0.3, 0.4) is 0 Å². The lowest BCUT2D eigenvalue weighted by Gasteiger charge is -2.27. The minimum Gasteiger partial charge on any atom is -0.463 e. The van der Waals surface area contributed by atoms with Gasteiger partial charge in [-0.25, -0.2) is 0 Å². The smallest absolute Gasteiger partial charge is 0.204 e. The van der Waals surface area contributed by atoms with Crippen LogP contribution in [0, 0.1) is 11.8 Å². The Morgan fingerprint density at radius 1 is 0.828 bits per heavy atom. The third-order valence-corrected chi connectivity index (χ3v) is 5.35. The van der Waals surface area contributed by atoms with Crippen LogP contribution < -0.4 is 4.74 Å². The Bertz CT molecular complexity index is 686. The standard InChI is InChI=1S/C27H40O2/c1-21(2)20-26(22(3)4)24-15-17-25(18-16-24)29-27(5,6)28-19-11-10-14-23-12-8-7-9-13-23/h7-9,12-13,15-18,21-22,26H,10-11,14,19-20H2,1-6H3. The molecule has 0 spiro atoms. The summed E-state index contributed by atoms with van der Waals surface area (Å²) in [5.74, 6) is 2.18. The predicted molar refractivity (Wildman–Crippen MR) is 124 cm³/mol. The lowest BCUT2D eigenvalue weighted by molar-refractivity contribution is -0.156. The van der Waals surface area contributed by atoms with Gasteiger partial charge in [0.2, 0.25) is 5.79 Å². The summed E-state index contributed by atoms with van der Waals surface area (Å²) in [5.41, 5.74) is 2.79. The van der Waals surface area contributed by atoms with Gasteiger partial charge in [-0.1, -0.05) is 70.2 Å². The molecule has 0 aliphatic rings. The van der Waals surface area contributed by atoms with Crippen LogP contribution in [0.1, 0.15) is 77.8 Å². The molecule has 29 heavy (non-hydrogen) atoms. The molecule has 0 saturated carbocycles. The number of hydrogen-bond acceptors (Lipinski definition) is 2. The molecule has 2 aromatic rings. The maximum absolute atomic E-state index is 6.12. The minimum atomic E-state index is -0.621. The molecule has 0 aromatic heterocycles. The molecule has 0 bridgehead atoms. The summed E-state index contributed by atoms with van der Waals surface area (Å²) in [6.45, 7) is 13.9. The quantitative estimate of drug-likeness (QED) is 0.271. The highest BCUT2D eigenvalue weighted by Gasteiger charge is 2.21. The summed E-state index contributed by atoms with van der Waals surface area (Å²) in [6, 6.07) is 19.2. The van der Waals surface area contributed by atoms with Crippen LogP contribution in [-0.4, -0.2) is 12.4 Å². The Morgan fingerprint density at radius 3 is 2.07 bits per heavy atom. The van der Waals surface area contributed by atoms with Crippen LogP contribution in [0.5, 0.6) is 5.75 Å². The largest absolute Gasteiger partial charge is 0.463 e. The summed E-state index contributed by atoms with van der Waals surface area (Å²) >= 11 is 0. The van der Waals surface area contributed by atoms with Crippen molar-refractivity contribution in [3.63, 3.8) is 0 Å². The van der Waals surface area contributed by atoms with Gasteiger partial charge in [0.1, 0.15) is 5.75 Å². The van der Waals surface area contributed by atoms with Crippen LogP contribution in [0.4, 0.5) is 0 Å². The van der Waals surface area contributed by atoms with E-state index in [4.69, 9.17) is 9.47 Å². The fraction of sp³-hybridized carbons (Fsp3) is 0.556. The Labute approximate surface area is 178 Å². The molecule has 160 valence electrons. The van der Waals surface area contributed by atoms with Crippen molar-refractivity contribution >= 4 is 0 Å². The molecule has 2 rings (SSSR count). The van der Waals surface area contributed by atoms with Crippen molar-refractivity contribution in [2.75, 3.05) is 6.61 Å². The van der Waals surface area contributed by atoms with E-state index in [9.17, 15) is 0 Å². The van der Waals surface area contributed by atoms with Gasteiger partial charge in [-0.15, -0.1) is 0 Å². The zero-order valence-electron chi connectivity index (χ0n) is 19.3. The number of benzene rings is 2. The van der Waals surface area contributed by atoms with E-state index >= 15 is 0 Å². The normalized spacial score (nSPS) is 13.1. The topological polar surface area (TPSA) is 18.5 Å². The molecule has 0 aliphatic carbocycles. The zero-order valence-corrected chi connectivity index (χ0v) is 19.3. The molecule has 0 fully saturated rings. The van der Waals surface area contributed by atoms with Gasteiger partial charge < -0.3 is 9.47 Å². The first-order chi connectivity index (χ1) is 13.8. The van der Waals surface area contributed by atoms with Gasteiger partial charge in [0.05, 0.1) is 6.61 Å². The molecule has 0 aliphatic heterocycles. The summed E-state index contributed by atoms with van der Waals surface area (Å²) in [7, 11) is 0. The SMILES string of the molecule is CC(C)CC(c1ccc(OC(C)(C)OCCCCc2ccccc2)cc1)C(C)C. The van der Waals surface area contributed by atoms with E-state index in [1.54, 1.807) is 0 Å². The second-order valence-corrected chi connectivity index (χ2v) is 9.34. The monoisotopic (exact) mass is 396 g/mol. The van der Waals surface area contributed by atoms with E-state index < -0.39 is 5.79 Å². The third kappa shape index (κ3) is 8.62. The summed E-state index contributed by atoms with van der Waals surface area (Å²) in [6.07, 6.45) is 4.48. The maximum Gasteiger partial charge on any atom is 0.204 e. The number of rotatable bonds is 12. The second kappa shape index (κ2) is 11.4. The van der Waals surface area contributed by atoms with E-state index in [1.165, 1.54) is 17.5 Å². The molecule has 2 aromatic carbocycles. The molecular weight excluding hydrogens is 356 g/mol. The summed E-state index contributed by atoms with van der Waals surface area (Å²) < 4.78 is 12.1. The average Bonchev–Trinajstić information content (AvgIpc) is 2.67. The highest BCUT2D eigenvalue weighted by atomic mass is 16.7. The van der Waals surface area contributed by atoms with Crippen molar-refractivity contribution in [1.29, 1.82) is 0 Å². The van der Waals surface area contributed by atoms with Gasteiger partial charge >= 0.3 is 0 Å². The molecule has 1 unspecified atom stereocenters. The van der Waals surface area contributed by atoms with Crippen molar-refractivity contribution in [3.05, 3.63) is 65.7 Å². The van der Waals surface area contributed by atoms with Crippen molar-refractivity contribution in [2.45, 2.75) is 78.9 Å². The number of aryl methyl sites for hydroxylation is 1. The Hall–Kier alpha value is -1.80. The molecule has 1 atom stereocenters. The number of hydrogen-bond donors (Lipinski definition) is 0. The Kier molecular flexibility index (Phi) is 9.23. The fourth-order valence-corrected chi connectivity index (χ4v) is 3.79. The summed E-state index contributed by atoms with van der Waals surface area (Å²) in [5, 5.41) is 0. The first-order valence-corrected chi connectivity index (χ1v) is 11.2. The molecule has 0 saturated heterocycles. The van der Waals surface area contributed by atoms with Gasteiger partial charge in [0.25, 0.3) is 0 Å². The van der Waals surface area contributed by atoms with Gasteiger partial charge in [-0.3, -0.25) is 0 Å². The molecule has 0 amide bonds. The van der Waals surface area contributed by atoms with Crippen LogP contribution in [0.25, 0.3) is 0 Å². The van der Waals surface area contributed by atoms with E-state index in [1.807, 2.05) is 13.8 Å². The molecule has 0 radical (unpaired) electrons. The molecule has 0 N–H and O–H groups in total. The molecule has 0 heterocycles. The Balaban J connectivity index is 1.79. The summed E-state index contributed by atoms with van der Waals surface area (Å²) in [4.78, 5) is 0. The van der Waals surface area contributed by atoms with Crippen molar-refractivity contribution < 1.29 is 9.47 Å². The maximum atomic E-state index is 6.12. The van der Waals surface area contributed by atoms with Crippen LogP contribution >= 0.6 is 0 Å². The number of unbranched alkanes of at least 4 members (excludes halogenated alkanes) is 1. The van der Waals surface area contributed by atoms with Crippen molar-refractivity contribution in [2.24, 2.45) is 11.8 Å². The minimum absolute atomic E-state index is 0.595. The van der Waals surface area contributed by atoms with Gasteiger partial charge in [0, 0.05) is 13.8 Å². The highest BCUT2D eigenvalue weighted by molar-refractivity contribution is 5.30. The molecule has 2 nitrogen and oxygen atoms in total. The van der Waals surface area contributed by atoms with Crippen LogP contribution in [0.15, 0.2) is 54.6 Å². The van der Waals surface area contributed by atoms with E-state index in [-0.39, 0.29) is 0 Å². The average molecular weight is 397 g/mol. The van der Waals surface area contributed by atoms with Gasteiger partial charge in [-0.05, 0) is 66.7 Å². The number of ether oxygens (including phenoxy) is 2. The van der Waals surface area contributed by atoms with Crippen LogP contribution in [0.2, 0.25) is 0 Å². The zero-order chi connectivity index (χ0) is 21.3. The lowest BCUT2D eigenvalue weighted by atomic mass is 9.82. The predicted octanol–water partition coefficient (Wildman–Crippen LogP) is 7.63. The molecule has 2 heteroatoms. The van der Waals surface area contributed by atoms with Crippen molar-refractivity contribution in [1.82, 2.24) is 0 Å². The second-order valence-electron chi connectivity index (χ2n) is 9.34. The van der Waals surface area contributed by atoms with E-state index in [0.29, 0.717) is 24.4 Å². The lowest BCUT2D eigenvalue weighted by Crippen LogP contribution is -2.32. The van der Waals surface area contributed by atoms with Crippen LogP contribution in [-0.2, 0) is 11.2 Å². The highest BCUT2D eigenvalue weighted by Crippen LogP contribution is 2.32. The molecular formula is C27H40O2. The van der Waals surface area contributed by atoms with Gasteiger partial charge in [0.15, 0.2) is 0 Å². The van der Waals surface area contributed by atoms with Gasteiger partial charge in [-0.2, -0.15) is 0 Å².